The van der Waals surface area contributed by atoms with Crippen LogP contribution >= 0.6 is 11.3 Å². The Morgan fingerprint density at radius 3 is 2.94 bits per heavy atom. The van der Waals surface area contributed by atoms with Gasteiger partial charge in [0.15, 0.2) is 0 Å². The van der Waals surface area contributed by atoms with Crippen LogP contribution in [-0.4, -0.2) is 36.6 Å². The Bertz CT molecular complexity index is 329. The minimum absolute atomic E-state index is 0.780. The SMILES string of the molecule is CN1CCC(Cc2ncc(CCCN)s2)CC1. The molecule has 96 valence electrons. The first-order chi connectivity index (χ1) is 8.28. The van der Waals surface area contributed by atoms with Crippen LogP contribution in [0, 0.1) is 5.92 Å². The van der Waals surface area contributed by atoms with Crippen LogP contribution in [0.3, 0.4) is 0 Å². The molecule has 2 rings (SSSR count). The van der Waals surface area contributed by atoms with Crippen molar-refractivity contribution < 1.29 is 0 Å². The molecular weight excluding hydrogens is 230 g/mol. The van der Waals surface area contributed by atoms with Gasteiger partial charge in [-0.2, -0.15) is 0 Å². The summed E-state index contributed by atoms with van der Waals surface area (Å²) in [5.74, 6) is 0.847. The van der Waals surface area contributed by atoms with E-state index in [1.807, 2.05) is 17.5 Å². The van der Waals surface area contributed by atoms with Crippen molar-refractivity contribution in [1.82, 2.24) is 9.88 Å². The largest absolute Gasteiger partial charge is 0.330 e. The van der Waals surface area contributed by atoms with Crippen molar-refractivity contribution in [2.45, 2.75) is 32.1 Å². The van der Waals surface area contributed by atoms with E-state index >= 15 is 0 Å². The quantitative estimate of drug-likeness (QED) is 0.872. The number of aryl methyl sites for hydroxylation is 1. The summed E-state index contributed by atoms with van der Waals surface area (Å²) in [6.07, 6.45) is 8.06. The molecule has 0 atom stereocenters. The second-order valence-electron chi connectivity index (χ2n) is 5.06. The Balaban J connectivity index is 1.80. The molecule has 3 nitrogen and oxygen atoms in total. The molecule has 1 fully saturated rings. The maximum atomic E-state index is 5.53. The first kappa shape index (κ1) is 13.0. The monoisotopic (exact) mass is 253 g/mol. The lowest BCUT2D eigenvalue weighted by Crippen LogP contribution is -2.30. The first-order valence-electron chi connectivity index (χ1n) is 6.60. The number of piperidine rings is 1. The van der Waals surface area contributed by atoms with Crippen molar-refractivity contribution in [3.05, 3.63) is 16.1 Å². The van der Waals surface area contributed by atoms with E-state index in [4.69, 9.17) is 5.73 Å². The fraction of sp³-hybridized carbons (Fsp3) is 0.769. The third kappa shape index (κ3) is 4.05. The molecule has 1 aromatic heterocycles. The molecule has 17 heavy (non-hydrogen) atoms. The highest BCUT2D eigenvalue weighted by molar-refractivity contribution is 7.11. The predicted molar refractivity (Wildman–Crippen MR) is 73.4 cm³/mol. The fourth-order valence-corrected chi connectivity index (χ4v) is 3.43. The van der Waals surface area contributed by atoms with Crippen LogP contribution in [0.5, 0.6) is 0 Å². The normalized spacial score (nSPS) is 18.7. The third-order valence-corrected chi connectivity index (χ3v) is 4.61. The summed E-state index contributed by atoms with van der Waals surface area (Å²) < 4.78 is 0. The highest BCUT2D eigenvalue weighted by Gasteiger charge is 2.18. The average Bonchev–Trinajstić information content (AvgIpc) is 2.77. The van der Waals surface area contributed by atoms with Gasteiger partial charge in [-0.3, -0.25) is 0 Å². The van der Waals surface area contributed by atoms with E-state index < -0.39 is 0 Å². The number of hydrogen-bond donors (Lipinski definition) is 1. The molecule has 1 aliphatic heterocycles. The minimum atomic E-state index is 0.780. The van der Waals surface area contributed by atoms with Gasteiger partial charge < -0.3 is 10.6 Å². The van der Waals surface area contributed by atoms with Crippen LogP contribution in [0.4, 0.5) is 0 Å². The van der Waals surface area contributed by atoms with E-state index in [2.05, 4.69) is 16.9 Å². The summed E-state index contributed by atoms with van der Waals surface area (Å²) in [6.45, 7) is 3.27. The molecule has 1 aromatic rings. The van der Waals surface area contributed by atoms with Gasteiger partial charge in [-0.05, 0) is 58.3 Å². The average molecular weight is 253 g/mol. The van der Waals surface area contributed by atoms with E-state index in [1.165, 1.54) is 42.2 Å². The summed E-state index contributed by atoms with van der Waals surface area (Å²) in [5, 5.41) is 1.33. The predicted octanol–water partition coefficient (Wildman–Crippen LogP) is 1.92. The molecule has 2 heterocycles. The van der Waals surface area contributed by atoms with Gasteiger partial charge >= 0.3 is 0 Å². The topological polar surface area (TPSA) is 42.2 Å². The summed E-state index contributed by atoms with van der Waals surface area (Å²) >= 11 is 1.89. The third-order valence-electron chi connectivity index (χ3n) is 3.53. The molecule has 0 unspecified atom stereocenters. The van der Waals surface area contributed by atoms with Gasteiger partial charge in [-0.15, -0.1) is 11.3 Å². The zero-order chi connectivity index (χ0) is 12.1. The highest BCUT2D eigenvalue weighted by Crippen LogP contribution is 2.24. The van der Waals surface area contributed by atoms with Gasteiger partial charge in [0, 0.05) is 17.5 Å². The smallest absolute Gasteiger partial charge is 0.0930 e. The number of nitrogens with zero attached hydrogens (tertiary/aromatic N) is 2. The molecule has 0 amide bonds. The van der Waals surface area contributed by atoms with Crippen molar-refractivity contribution >= 4 is 11.3 Å². The number of rotatable bonds is 5. The van der Waals surface area contributed by atoms with Crippen molar-refractivity contribution in [2.75, 3.05) is 26.7 Å². The molecule has 1 aliphatic rings. The van der Waals surface area contributed by atoms with Crippen LogP contribution in [-0.2, 0) is 12.8 Å². The Hall–Kier alpha value is -0.450. The number of hydrogen-bond acceptors (Lipinski definition) is 4. The maximum absolute atomic E-state index is 5.53. The Morgan fingerprint density at radius 1 is 1.47 bits per heavy atom. The number of nitrogens with two attached hydrogens (primary N) is 1. The van der Waals surface area contributed by atoms with E-state index in [0.29, 0.717) is 0 Å². The van der Waals surface area contributed by atoms with Crippen LogP contribution in [0.1, 0.15) is 29.1 Å². The molecule has 4 heteroatoms. The van der Waals surface area contributed by atoms with Gasteiger partial charge in [-0.25, -0.2) is 4.98 Å². The maximum Gasteiger partial charge on any atom is 0.0930 e. The molecule has 0 saturated carbocycles. The van der Waals surface area contributed by atoms with E-state index in [1.54, 1.807) is 0 Å². The fourth-order valence-electron chi connectivity index (χ4n) is 2.35. The molecular formula is C13H23N3S. The van der Waals surface area contributed by atoms with Crippen LogP contribution in [0.15, 0.2) is 6.20 Å². The second-order valence-corrected chi connectivity index (χ2v) is 6.26. The number of thiazole rings is 1. The Morgan fingerprint density at radius 2 is 2.24 bits per heavy atom. The van der Waals surface area contributed by atoms with Crippen LogP contribution in [0.2, 0.25) is 0 Å². The van der Waals surface area contributed by atoms with Crippen molar-refractivity contribution in [2.24, 2.45) is 11.7 Å². The molecule has 0 aromatic carbocycles. The van der Waals surface area contributed by atoms with Crippen molar-refractivity contribution in [3.8, 4) is 0 Å². The van der Waals surface area contributed by atoms with E-state index in [-0.39, 0.29) is 0 Å². The summed E-state index contributed by atoms with van der Waals surface area (Å²) in [5.41, 5.74) is 5.53. The highest BCUT2D eigenvalue weighted by atomic mass is 32.1. The van der Waals surface area contributed by atoms with Crippen LogP contribution in [0.25, 0.3) is 0 Å². The number of likely N-dealkylation sites (tertiary alicyclic amines) is 1. The Labute approximate surface area is 108 Å². The molecule has 0 aliphatic carbocycles. The van der Waals surface area contributed by atoms with Gasteiger partial charge in [-0.1, -0.05) is 0 Å². The molecule has 1 saturated heterocycles. The van der Waals surface area contributed by atoms with Gasteiger partial charge in [0.05, 0.1) is 5.01 Å². The minimum Gasteiger partial charge on any atom is -0.330 e. The zero-order valence-corrected chi connectivity index (χ0v) is 11.5. The molecule has 0 spiro atoms. The van der Waals surface area contributed by atoms with E-state index in [0.717, 1.165) is 25.3 Å². The lowest BCUT2D eigenvalue weighted by Gasteiger charge is -2.28. The van der Waals surface area contributed by atoms with E-state index in [9.17, 15) is 0 Å². The second kappa shape index (κ2) is 6.47. The number of aromatic nitrogens is 1. The van der Waals surface area contributed by atoms with Crippen molar-refractivity contribution in [3.63, 3.8) is 0 Å². The first-order valence-corrected chi connectivity index (χ1v) is 7.41. The van der Waals surface area contributed by atoms with Crippen LogP contribution < -0.4 is 5.73 Å². The van der Waals surface area contributed by atoms with Gasteiger partial charge in [0.25, 0.3) is 0 Å². The van der Waals surface area contributed by atoms with Crippen molar-refractivity contribution in [1.29, 1.82) is 0 Å². The molecule has 0 bridgehead atoms. The lowest BCUT2D eigenvalue weighted by atomic mass is 9.94. The summed E-state index contributed by atoms with van der Waals surface area (Å²) in [7, 11) is 2.21. The van der Waals surface area contributed by atoms with Gasteiger partial charge in [0.2, 0.25) is 0 Å². The standard InChI is InChI=1S/C13H23N3S/c1-16-7-4-11(5-8-16)9-13-15-10-12(17-13)3-2-6-14/h10-11H,2-9,14H2,1H3. The molecule has 2 N–H and O–H groups in total. The Kier molecular flexibility index (Phi) is 4.95. The lowest BCUT2D eigenvalue weighted by molar-refractivity contribution is 0.219. The summed E-state index contributed by atoms with van der Waals surface area (Å²) in [6, 6.07) is 0. The molecule has 0 radical (unpaired) electrons. The van der Waals surface area contributed by atoms with Gasteiger partial charge in [0.1, 0.15) is 0 Å². The zero-order valence-electron chi connectivity index (χ0n) is 10.7. The summed E-state index contributed by atoms with van der Waals surface area (Å²) in [4.78, 5) is 8.37.